The van der Waals surface area contributed by atoms with E-state index in [2.05, 4.69) is 17.3 Å². The first kappa shape index (κ1) is 20.1. The van der Waals surface area contributed by atoms with Gasteiger partial charge in [-0.1, -0.05) is 19.8 Å². The van der Waals surface area contributed by atoms with Crippen molar-refractivity contribution in [3.05, 3.63) is 42.1 Å². The van der Waals surface area contributed by atoms with Gasteiger partial charge in [-0.3, -0.25) is 4.79 Å². The fourth-order valence-corrected chi connectivity index (χ4v) is 5.66. The average Bonchev–Trinajstić information content (AvgIpc) is 3.40. The zero-order chi connectivity index (χ0) is 20.4. The van der Waals surface area contributed by atoms with E-state index in [4.69, 9.17) is 0 Å². The molecule has 8 heteroatoms. The maximum Gasteiger partial charge on any atom is 0.256 e. The zero-order valence-electron chi connectivity index (χ0n) is 16.8. The molecule has 0 radical (unpaired) electrons. The molecule has 2 aliphatic rings. The van der Waals surface area contributed by atoms with Gasteiger partial charge in [-0.2, -0.15) is 9.40 Å². The molecule has 156 valence electrons. The molecule has 2 heterocycles. The largest absolute Gasteiger partial charge is 0.307 e. The van der Waals surface area contributed by atoms with Crippen molar-refractivity contribution in [2.75, 3.05) is 18.4 Å². The van der Waals surface area contributed by atoms with Gasteiger partial charge >= 0.3 is 0 Å². The number of sulfonamides is 1. The van der Waals surface area contributed by atoms with Crippen LogP contribution in [0, 0.1) is 5.92 Å². The van der Waals surface area contributed by atoms with Crippen LogP contribution in [0.4, 0.5) is 5.82 Å². The molecule has 1 aromatic heterocycles. The van der Waals surface area contributed by atoms with E-state index in [1.165, 1.54) is 25.0 Å². The quantitative estimate of drug-likeness (QED) is 0.806. The van der Waals surface area contributed by atoms with Crippen molar-refractivity contribution < 1.29 is 13.2 Å². The monoisotopic (exact) mass is 416 g/mol. The highest BCUT2D eigenvalue weighted by Gasteiger charge is 2.28. The molecule has 0 unspecified atom stereocenters. The number of rotatable bonds is 5. The highest BCUT2D eigenvalue weighted by Crippen LogP contribution is 2.31. The minimum Gasteiger partial charge on any atom is -0.307 e. The zero-order valence-corrected chi connectivity index (χ0v) is 17.6. The number of anilines is 1. The highest BCUT2D eigenvalue weighted by atomic mass is 32.2. The Morgan fingerprint density at radius 1 is 1.03 bits per heavy atom. The van der Waals surface area contributed by atoms with E-state index in [1.54, 1.807) is 28.7 Å². The summed E-state index contributed by atoms with van der Waals surface area (Å²) in [5, 5.41) is 7.28. The molecule has 1 aliphatic heterocycles. The van der Waals surface area contributed by atoms with E-state index >= 15 is 0 Å². The molecule has 0 spiro atoms. The maximum atomic E-state index is 12.8. The van der Waals surface area contributed by atoms with Crippen LogP contribution in [-0.4, -0.2) is 41.5 Å². The van der Waals surface area contributed by atoms with Gasteiger partial charge in [-0.15, -0.1) is 0 Å². The van der Waals surface area contributed by atoms with Crippen LogP contribution < -0.4 is 5.32 Å². The van der Waals surface area contributed by atoms with Crippen LogP contribution in [0.3, 0.4) is 0 Å². The highest BCUT2D eigenvalue weighted by molar-refractivity contribution is 7.89. The van der Waals surface area contributed by atoms with Gasteiger partial charge in [0.25, 0.3) is 5.91 Å². The van der Waals surface area contributed by atoms with Crippen molar-refractivity contribution in [1.29, 1.82) is 0 Å². The van der Waals surface area contributed by atoms with Crippen molar-refractivity contribution in [2.45, 2.75) is 56.4 Å². The van der Waals surface area contributed by atoms with Gasteiger partial charge in [0.2, 0.25) is 10.0 Å². The number of amides is 1. The lowest BCUT2D eigenvalue weighted by Crippen LogP contribution is -2.37. The SMILES string of the molecule is CC1CCN(S(=O)(=O)c2ccc(C(=O)Nc3ccnn3C3CCCC3)cc2)CC1. The summed E-state index contributed by atoms with van der Waals surface area (Å²) in [6, 6.07) is 8.33. The van der Waals surface area contributed by atoms with Gasteiger partial charge in [-0.25, -0.2) is 13.1 Å². The summed E-state index contributed by atoms with van der Waals surface area (Å²) in [6.07, 6.45) is 7.98. The second kappa shape index (κ2) is 8.28. The topological polar surface area (TPSA) is 84.3 Å². The van der Waals surface area contributed by atoms with E-state index in [-0.39, 0.29) is 10.8 Å². The third-order valence-corrected chi connectivity index (χ3v) is 7.99. The minimum atomic E-state index is -3.51. The molecule has 7 nitrogen and oxygen atoms in total. The van der Waals surface area contributed by atoms with Crippen molar-refractivity contribution in [3.8, 4) is 0 Å². The Balaban J connectivity index is 1.45. The lowest BCUT2D eigenvalue weighted by atomic mass is 10.0. The average molecular weight is 417 g/mol. The van der Waals surface area contributed by atoms with Crippen LogP contribution in [0.5, 0.6) is 0 Å². The minimum absolute atomic E-state index is 0.236. The molecule has 29 heavy (non-hydrogen) atoms. The molecule has 2 fully saturated rings. The molecule has 1 aliphatic carbocycles. The third kappa shape index (κ3) is 4.23. The van der Waals surface area contributed by atoms with Crippen LogP contribution in [0.25, 0.3) is 0 Å². The number of carbonyl (C=O) groups is 1. The maximum absolute atomic E-state index is 12.8. The Labute approximate surface area is 172 Å². The molecule has 0 atom stereocenters. The number of hydrogen-bond acceptors (Lipinski definition) is 4. The molecule has 1 amide bonds. The van der Waals surface area contributed by atoms with E-state index in [9.17, 15) is 13.2 Å². The van der Waals surface area contributed by atoms with Crippen LogP contribution in [0.2, 0.25) is 0 Å². The predicted molar refractivity (Wildman–Crippen MR) is 111 cm³/mol. The lowest BCUT2D eigenvalue weighted by Gasteiger charge is -2.29. The number of benzene rings is 1. The van der Waals surface area contributed by atoms with Crippen molar-refractivity contribution in [3.63, 3.8) is 0 Å². The van der Waals surface area contributed by atoms with Gasteiger partial charge in [0.15, 0.2) is 0 Å². The fraction of sp³-hybridized carbons (Fsp3) is 0.524. The third-order valence-electron chi connectivity index (χ3n) is 6.08. The van der Waals surface area contributed by atoms with Crippen LogP contribution in [-0.2, 0) is 10.0 Å². The molecular weight excluding hydrogens is 388 g/mol. The number of nitrogens with one attached hydrogen (secondary N) is 1. The normalized spacial score (nSPS) is 19.5. The second-order valence-electron chi connectivity index (χ2n) is 8.16. The number of hydrogen-bond donors (Lipinski definition) is 1. The van der Waals surface area contributed by atoms with Gasteiger partial charge in [0, 0.05) is 24.7 Å². The van der Waals surface area contributed by atoms with Gasteiger partial charge in [-0.05, 0) is 55.9 Å². The van der Waals surface area contributed by atoms with Crippen molar-refractivity contribution >= 4 is 21.7 Å². The first-order chi connectivity index (χ1) is 13.9. The van der Waals surface area contributed by atoms with Crippen LogP contribution >= 0.6 is 0 Å². The number of nitrogens with zero attached hydrogens (tertiary/aromatic N) is 3. The summed E-state index contributed by atoms with van der Waals surface area (Å²) in [6.45, 7) is 3.25. The summed E-state index contributed by atoms with van der Waals surface area (Å²) < 4.78 is 29.1. The molecule has 0 bridgehead atoms. The molecular formula is C21H28N4O3S. The first-order valence-corrected chi connectivity index (χ1v) is 11.8. The van der Waals surface area contributed by atoms with Gasteiger partial charge < -0.3 is 5.32 Å². The van der Waals surface area contributed by atoms with E-state index < -0.39 is 10.0 Å². The molecule has 1 N–H and O–H groups in total. The Morgan fingerprint density at radius 3 is 2.34 bits per heavy atom. The molecule has 1 aromatic carbocycles. The van der Waals surface area contributed by atoms with E-state index in [1.807, 2.05) is 4.68 Å². The number of piperidine rings is 1. The predicted octanol–water partition coefficient (Wildman–Crippen LogP) is 3.67. The van der Waals surface area contributed by atoms with Crippen LogP contribution in [0.1, 0.15) is 61.8 Å². The Kier molecular flexibility index (Phi) is 5.74. The molecule has 1 saturated heterocycles. The summed E-state index contributed by atoms with van der Waals surface area (Å²) in [4.78, 5) is 12.9. The standard InChI is InChI=1S/C21H28N4O3S/c1-16-11-14-24(15-12-16)29(27,28)19-8-6-17(7-9-19)21(26)23-20-10-13-22-25(20)18-4-2-3-5-18/h6-10,13,16,18H,2-5,11-12,14-15H2,1H3,(H,23,26). The number of carbonyl (C=O) groups excluding carboxylic acids is 1. The molecule has 1 saturated carbocycles. The van der Waals surface area contributed by atoms with Crippen LogP contribution in [0.15, 0.2) is 41.4 Å². The summed E-state index contributed by atoms with van der Waals surface area (Å²) in [7, 11) is -3.51. The van der Waals surface area contributed by atoms with E-state index in [0.717, 1.165) is 25.7 Å². The number of aromatic nitrogens is 2. The first-order valence-electron chi connectivity index (χ1n) is 10.4. The van der Waals surface area contributed by atoms with Crippen molar-refractivity contribution in [1.82, 2.24) is 14.1 Å². The molecule has 4 rings (SSSR count). The Hall–Kier alpha value is -2.19. The Morgan fingerprint density at radius 2 is 1.69 bits per heavy atom. The summed E-state index contributed by atoms with van der Waals surface area (Å²) >= 11 is 0. The molecule has 2 aromatic rings. The summed E-state index contributed by atoms with van der Waals surface area (Å²) in [5.74, 6) is 0.978. The van der Waals surface area contributed by atoms with E-state index in [0.29, 0.717) is 36.4 Å². The van der Waals surface area contributed by atoms with Crippen molar-refractivity contribution in [2.24, 2.45) is 5.92 Å². The lowest BCUT2D eigenvalue weighted by molar-refractivity contribution is 0.102. The Bertz CT molecular complexity index is 954. The fourth-order valence-electron chi connectivity index (χ4n) is 4.19. The van der Waals surface area contributed by atoms with Gasteiger partial charge in [0.05, 0.1) is 17.1 Å². The summed E-state index contributed by atoms with van der Waals surface area (Å²) in [5.41, 5.74) is 0.426. The smallest absolute Gasteiger partial charge is 0.256 e. The second-order valence-corrected chi connectivity index (χ2v) is 10.1. The van der Waals surface area contributed by atoms with Gasteiger partial charge in [0.1, 0.15) is 5.82 Å².